The van der Waals surface area contributed by atoms with Crippen molar-refractivity contribution in [2.24, 2.45) is 0 Å². The molecule has 0 bridgehead atoms. The summed E-state index contributed by atoms with van der Waals surface area (Å²) in [6, 6.07) is 23.0. The highest BCUT2D eigenvalue weighted by Crippen LogP contribution is 2.28. The Morgan fingerprint density at radius 2 is 1.48 bits per heavy atom. The van der Waals surface area contributed by atoms with Crippen LogP contribution in [0.2, 0.25) is 0 Å². The summed E-state index contributed by atoms with van der Waals surface area (Å²) in [5, 5.41) is 3.62. The van der Waals surface area contributed by atoms with Gasteiger partial charge in [-0.2, -0.15) is 0 Å². The van der Waals surface area contributed by atoms with E-state index < -0.39 is 0 Å². The quantitative estimate of drug-likeness (QED) is 0.752. The highest BCUT2D eigenvalue weighted by atomic mass is 14.9. The first kappa shape index (κ1) is 13.4. The summed E-state index contributed by atoms with van der Waals surface area (Å²) < 4.78 is 0. The molecule has 21 heavy (non-hydrogen) atoms. The molecule has 3 rings (SSSR count). The molecule has 2 heteroatoms. The van der Waals surface area contributed by atoms with Gasteiger partial charge in [-0.15, -0.1) is 0 Å². The van der Waals surface area contributed by atoms with Gasteiger partial charge < -0.3 is 5.32 Å². The number of rotatable bonds is 4. The van der Waals surface area contributed by atoms with Gasteiger partial charge in [0.2, 0.25) is 0 Å². The van der Waals surface area contributed by atoms with Crippen molar-refractivity contribution >= 4 is 5.69 Å². The van der Waals surface area contributed by atoms with Crippen LogP contribution >= 0.6 is 0 Å². The Hall–Kier alpha value is -2.61. The summed E-state index contributed by atoms with van der Waals surface area (Å²) in [4.78, 5) is 4.12. The average Bonchev–Trinajstić information content (AvgIpc) is 2.55. The highest BCUT2D eigenvalue weighted by Gasteiger charge is 2.15. The number of anilines is 1. The van der Waals surface area contributed by atoms with Gasteiger partial charge in [0.15, 0.2) is 0 Å². The standard InChI is InChI=1S/C19H18N2/c1-15-7-5-6-10-18(15)19(16-11-13-20-14-12-16)21-17-8-3-2-4-9-17/h2-14,19,21H,1H3. The van der Waals surface area contributed by atoms with E-state index in [-0.39, 0.29) is 6.04 Å². The molecule has 0 saturated carbocycles. The van der Waals surface area contributed by atoms with Crippen LogP contribution < -0.4 is 5.32 Å². The van der Waals surface area contributed by atoms with Crippen molar-refractivity contribution < 1.29 is 0 Å². The van der Waals surface area contributed by atoms with E-state index in [0.29, 0.717) is 0 Å². The molecule has 0 aliphatic carbocycles. The second-order valence-electron chi connectivity index (χ2n) is 5.08. The van der Waals surface area contributed by atoms with Gasteiger partial charge in [-0.3, -0.25) is 4.98 Å². The Bertz CT molecular complexity index is 693. The molecule has 0 aliphatic heterocycles. The molecule has 1 heterocycles. The van der Waals surface area contributed by atoms with Gasteiger partial charge in [-0.1, -0.05) is 42.5 Å². The normalized spacial score (nSPS) is 11.9. The first-order valence-electron chi connectivity index (χ1n) is 7.11. The zero-order valence-corrected chi connectivity index (χ0v) is 12.0. The fourth-order valence-electron chi connectivity index (χ4n) is 2.51. The van der Waals surface area contributed by atoms with Crippen molar-refractivity contribution in [1.82, 2.24) is 4.98 Å². The van der Waals surface area contributed by atoms with Gasteiger partial charge in [0.25, 0.3) is 0 Å². The minimum Gasteiger partial charge on any atom is -0.374 e. The zero-order chi connectivity index (χ0) is 14.5. The monoisotopic (exact) mass is 274 g/mol. The van der Waals surface area contributed by atoms with Crippen molar-refractivity contribution in [3.8, 4) is 0 Å². The van der Waals surface area contributed by atoms with E-state index in [1.54, 1.807) is 0 Å². The van der Waals surface area contributed by atoms with Crippen molar-refractivity contribution in [2.75, 3.05) is 5.32 Å². The maximum atomic E-state index is 4.12. The lowest BCUT2D eigenvalue weighted by molar-refractivity contribution is 0.922. The third-order valence-electron chi connectivity index (χ3n) is 3.62. The predicted molar refractivity (Wildman–Crippen MR) is 87.3 cm³/mol. The Kier molecular flexibility index (Phi) is 3.97. The van der Waals surface area contributed by atoms with Crippen molar-refractivity contribution in [3.63, 3.8) is 0 Å². The van der Waals surface area contributed by atoms with Crippen LogP contribution in [0.4, 0.5) is 5.69 Å². The maximum Gasteiger partial charge on any atom is 0.0771 e. The number of nitrogens with one attached hydrogen (secondary N) is 1. The SMILES string of the molecule is Cc1ccccc1C(Nc1ccccc1)c1ccncc1. The number of hydrogen-bond acceptors (Lipinski definition) is 2. The van der Waals surface area contributed by atoms with E-state index in [4.69, 9.17) is 0 Å². The van der Waals surface area contributed by atoms with Crippen molar-refractivity contribution in [3.05, 3.63) is 95.8 Å². The topological polar surface area (TPSA) is 24.9 Å². The molecule has 0 radical (unpaired) electrons. The molecule has 1 N–H and O–H groups in total. The molecule has 0 spiro atoms. The van der Waals surface area contributed by atoms with Crippen LogP contribution in [0.3, 0.4) is 0 Å². The lowest BCUT2D eigenvalue weighted by Gasteiger charge is -2.22. The van der Waals surface area contributed by atoms with Crippen LogP contribution in [-0.4, -0.2) is 4.98 Å². The number of benzene rings is 2. The van der Waals surface area contributed by atoms with Crippen molar-refractivity contribution in [2.45, 2.75) is 13.0 Å². The molecule has 0 amide bonds. The Balaban J connectivity index is 2.02. The Labute approximate surface area is 125 Å². The molecule has 3 aromatic rings. The first-order valence-corrected chi connectivity index (χ1v) is 7.11. The molecule has 104 valence electrons. The fourth-order valence-corrected chi connectivity index (χ4v) is 2.51. The third-order valence-corrected chi connectivity index (χ3v) is 3.62. The molecular weight excluding hydrogens is 256 g/mol. The summed E-state index contributed by atoms with van der Waals surface area (Å²) in [5.41, 5.74) is 4.89. The maximum absolute atomic E-state index is 4.12. The summed E-state index contributed by atoms with van der Waals surface area (Å²) in [5.74, 6) is 0. The number of pyridine rings is 1. The summed E-state index contributed by atoms with van der Waals surface area (Å²) in [6.07, 6.45) is 3.68. The van der Waals surface area contributed by atoms with E-state index in [2.05, 4.69) is 65.8 Å². The van der Waals surface area contributed by atoms with Crippen LogP contribution in [0.25, 0.3) is 0 Å². The molecule has 1 unspecified atom stereocenters. The lowest BCUT2D eigenvalue weighted by Crippen LogP contribution is -2.13. The van der Waals surface area contributed by atoms with Crippen LogP contribution in [0.15, 0.2) is 79.1 Å². The lowest BCUT2D eigenvalue weighted by atomic mass is 9.95. The Morgan fingerprint density at radius 1 is 0.810 bits per heavy atom. The van der Waals surface area contributed by atoms with Crippen LogP contribution in [0.5, 0.6) is 0 Å². The number of aromatic nitrogens is 1. The zero-order valence-electron chi connectivity index (χ0n) is 12.0. The number of aryl methyl sites for hydroxylation is 1. The van der Waals surface area contributed by atoms with Gasteiger partial charge >= 0.3 is 0 Å². The summed E-state index contributed by atoms with van der Waals surface area (Å²) >= 11 is 0. The number of nitrogens with zero attached hydrogens (tertiary/aromatic N) is 1. The molecule has 2 nitrogen and oxygen atoms in total. The highest BCUT2D eigenvalue weighted by molar-refractivity contribution is 5.50. The molecule has 1 atom stereocenters. The predicted octanol–water partition coefficient (Wildman–Crippen LogP) is 4.59. The molecule has 0 saturated heterocycles. The molecule has 1 aromatic heterocycles. The summed E-state index contributed by atoms with van der Waals surface area (Å²) in [6.45, 7) is 2.15. The smallest absolute Gasteiger partial charge is 0.0771 e. The van der Waals surface area contributed by atoms with Gasteiger partial charge in [0.05, 0.1) is 6.04 Å². The van der Waals surface area contributed by atoms with E-state index in [0.717, 1.165) is 5.69 Å². The van der Waals surface area contributed by atoms with E-state index in [1.165, 1.54) is 16.7 Å². The summed E-state index contributed by atoms with van der Waals surface area (Å²) in [7, 11) is 0. The molecule has 0 fully saturated rings. The van der Waals surface area contributed by atoms with Crippen LogP contribution in [0, 0.1) is 6.92 Å². The Morgan fingerprint density at radius 3 is 2.19 bits per heavy atom. The fraction of sp³-hybridized carbons (Fsp3) is 0.105. The van der Waals surface area contributed by atoms with Gasteiger partial charge in [0, 0.05) is 18.1 Å². The second-order valence-corrected chi connectivity index (χ2v) is 5.08. The van der Waals surface area contributed by atoms with Gasteiger partial charge in [-0.05, 0) is 47.9 Å². The van der Waals surface area contributed by atoms with Crippen LogP contribution in [0.1, 0.15) is 22.7 Å². The largest absolute Gasteiger partial charge is 0.374 e. The second kappa shape index (κ2) is 6.23. The van der Waals surface area contributed by atoms with Crippen molar-refractivity contribution in [1.29, 1.82) is 0 Å². The molecule has 0 aliphatic rings. The average molecular weight is 274 g/mol. The van der Waals surface area contributed by atoms with Crippen LogP contribution in [-0.2, 0) is 0 Å². The van der Waals surface area contributed by atoms with E-state index in [9.17, 15) is 0 Å². The third kappa shape index (κ3) is 3.11. The number of para-hydroxylation sites is 1. The van der Waals surface area contributed by atoms with E-state index in [1.807, 2.05) is 30.6 Å². The molecule has 2 aromatic carbocycles. The minimum absolute atomic E-state index is 0.122. The van der Waals surface area contributed by atoms with Gasteiger partial charge in [-0.25, -0.2) is 0 Å². The molecular formula is C19H18N2. The minimum atomic E-state index is 0.122. The number of hydrogen-bond donors (Lipinski definition) is 1. The van der Waals surface area contributed by atoms with Gasteiger partial charge in [0.1, 0.15) is 0 Å². The first-order chi connectivity index (χ1) is 10.3. The van der Waals surface area contributed by atoms with E-state index >= 15 is 0 Å².